The molecule has 1 fully saturated rings. The first-order chi connectivity index (χ1) is 8.72. The van der Waals surface area contributed by atoms with Crippen molar-refractivity contribution in [3.8, 4) is 0 Å². The molecule has 1 aliphatic carbocycles. The molecule has 2 aromatic heterocycles. The molecule has 0 radical (unpaired) electrons. The largest absolute Gasteiger partial charge is 0.465 e. The number of nitrogens with two attached hydrogens (primary N) is 1. The molecule has 0 amide bonds. The Labute approximate surface area is 129 Å². The van der Waals surface area contributed by atoms with Crippen LogP contribution >= 0.6 is 24.8 Å². The normalized spacial score (nSPS) is 13.5. The molecule has 0 bridgehead atoms. The van der Waals surface area contributed by atoms with Gasteiger partial charge in [0.25, 0.3) is 0 Å². The molecule has 0 unspecified atom stereocenters. The van der Waals surface area contributed by atoms with Gasteiger partial charge >= 0.3 is 5.97 Å². The average Bonchev–Trinajstić information content (AvgIpc) is 3.16. The number of rotatable bonds is 3. The zero-order valence-corrected chi connectivity index (χ0v) is 12.7. The molecule has 0 aromatic carbocycles. The fourth-order valence-electron chi connectivity index (χ4n) is 2.17. The van der Waals surface area contributed by atoms with E-state index in [2.05, 4.69) is 4.98 Å². The summed E-state index contributed by atoms with van der Waals surface area (Å²) < 4.78 is 6.70. The minimum Gasteiger partial charge on any atom is -0.465 e. The van der Waals surface area contributed by atoms with E-state index in [4.69, 9.17) is 10.5 Å². The quantitative estimate of drug-likeness (QED) is 0.882. The molecule has 0 spiro atoms. The third-order valence-electron chi connectivity index (χ3n) is 3.29. The van der Waals surface area contributed by atoms with Crippen LogP contribution in [0.4, 0.5) is 0 Å². The van der Waals surface area contributed by atoms with E-state index in [1.165, 1.54) is 25.5 Å². The first-order valence-electron chi connectivity index (χ1n) is 6.03. The van der Waals surface area contributed by atoms with E-state index < -0.39 is 0 Å². The van der Waals surface area contributed by atoms with Gasteiger partial charge in [-0.15, -0.1) is 24.8 Å². The van der Waals surface area contributed by atoms with Crippen molar-refractivity contribution in [3.05, 3.63) is 35.3 Å². The van der Waals surface area contributed by atoms with Gasteiger partial charge in [0.1, 0.15) is 5.56 Å². The van der Waals surface area contributed by atoms with Crippen molar-refractivity contribution in [1.29, 1.82) is 0 Å². The van der Waals surface area contributed by atoms with Crippen molar-refractivity contribution in [2.45, 2.75) is 25.3 Å². The molecule has 2 N–H and O–H groups in total. The van der Waals surface area contributed by atoms with Crippen LogP contribution in [0.5, 0.6) is 0 Å². The number of fused-ring (bicyclic) bond motifs is 1. The first-order valence-corrected chi connectivity index (χ1v) is 6.03. The Kier molecular flexibility index (Phi) is 5.39. The van der Waals surface area contributed by atoms with Gasteiger partial charge in [-0.05, 0) is 30.4 Å². The summed E-state index contributed by atoms with van der Waals surface area (Å²) in [7, 11) is 1.38. The standard InChI is InChI=1S/C13H15N3O2.2ClH/c1-18-13(17)11-4-9(8-2-3-8)6-16-7-10(5-14)15-12(11)16;;/h4,6-8H,2-3,5,14H2,1H3;2*1H. The number of hydrogen-bond acceptors (Lipinski definition) is 4. The molecular formula is C13H17Cl2N3O2. The van der Waals surface area contributed by atoms with E-state index in [1.807, 2.05) is 22.9 Å². The van der Waals surface area contributed by atoms with Crippen LogP contribution in [0.2, 0.25) is 0 Å². The number of aromatic nitrogens is 2. The van der Waals surface area contributed by atoms with E-state index in [9.17, 15) is 4.79 Å². The summed E-state index contributed by atoms with van der Waals surface area (Å²) in [6, 6.07) is 1.89. The van der Waals surface area contributed by atoms with Crippen molar-refractivity contribution in [2.24, 2.45) is 5.73 Å². The maximum atomic E-state index is 11.8. The van der Waals surface area contributed by atoms with Crippen LogP contribution in [0, 0.1) is 0 Å². The number of ether oxygens (including phenoxy) is 1. The van der Waals surface area contributed by atoms with Gasteiger partial charge in [0.05, 0.1) is 12.8 Å². The number of methoxy groups -OCH3 is 1. The number of esters is 1. The minimum absolute atomic E-state index is 0. The maximum Gasteiger partial charge on any atom is 0.341 e. The van der Waals surface area contributed by atoms with Crippen LogP contribution < -0.4 is 5.73 Å². The molecule has 2 heterocycles. The molecule has 2 aromatic rings. The van der Waals surface area contributed by atoms with Crippen molar-refractivity contribution >= 4 is 36.4 Å². The third kappa shape index (κ3) is 2.90. The highest BCUT2D eigenvalue weighted by molar-refractivity contribution is 5.96. The van der Waals surface area contributed by atoms with E-state index in [0.717, 1.165) is 5.69 Å². The number of imidazole rings is 1. The fraction of sp³-hybridized carbons (Fsp3) is 0.385. The number of hydrogen-bond donors (Lipinski definition) is 1. The predicted molar refractivity (Wildman–Crippen MR) is 80.9 cm³/mol. The highest BCUT2D eigenvalue weighted by atomic mass is 35.5. The third-order valence-corrected chi connectivity index (χ3v) is 3.29. The summed E-state index contributed by atoms with van der Waals surface area (Å²) in [4.78, 5) is 16.2. The Balaban J connectivity index is 0.000001000. The van der Waals surface area contributed by atoms with Gasteiger partial charge in [-0.25, -0.2) is 9.78 Å². The van der Waals surface area contributed by atoms with Gasteiger partial charge in [-0.3, -0.25) is 0 Å². The number of carbonyl (C=O) groups excluding carboxylic acids is 1. The van der Waals surface area contributed by atoms with Crippen molar-refractivity contribution in [3.63, 3.8) is 0 Å². The summed E-state index contributed by atoms with van der Waals surface area (Å²) in [6.07, 6.45) is 6.27. The Morgan fingerprint density at radius 1 is 1.45 bits per heavy atom. The van der Waals surface area contributed by atoms with Gasteiger partial charge in [0.2, 0.25) is 0 Å². The Bertz CT molecular complexity index is 623. The second-order valence-electron chi connectivity index (χ2n) is 4.62. The van der Waals surface area contributed by atoms with Gasteiger partial charge < -0.3 is 14.9 Å². The molecule has 1 saturated carbocycles. The summed E-state index contributed by atoms with van der Waals surface area (Å²) >= 11 is 0. The number of nitrogens with zero attached hydrogens (tertiary/aromatic N) is 2. The minimum atomic E-state index is -0.350. The lowest BCUT2D eigenvalue weighted by Gasteiger charge is -2.05. The summed E-state index contributed by atoms with van der Waals surface area (Å²) in [5.41, 5.74) is 8.66. The van der Waals surface area contributed by atoms with Crippen molar-refractivity contribution < 1.29 is 9.53 Å². The van der Waals surface area contributed by atoms with Crippen LogP contribution in [0.1, 0.15) is 40.4 Å². The van der Waals surface area contributed by atoms with E-state index in [0.29, 0.717) is 23.7 Å². The SMILES string of the molecule is COC(=O)c1cc(C2CC2)cn2cc(CN)nc12.Cl.Cl. The summed E-state index contributed by atoms with van der Waals surface area (Å²) in [5.74, 6) is 0.221. The van der Waals surface area contributed by atoms with E-state index in [1.54, 1.807) is 0 Å². The average molecular weight is 318 g/mol. The number of carbonyl (C=O) groups is 1. The Morgan fingerprint density at radius 2 is 2.15 bits per heavy atom. The predicted octanol–water partition coefficient (Wildman–Crippen LogP) is 2.30. The molecule has 110 valence electrons. The van der Waals surface area contributed by atoms with Crippen LogP contribution in [-0.2, 0) is 11.3 Å². The molecule has 1 aliphatic rings. The monoisotopic (exact) mass is 317 g/mol. The molecule has 20 heavy (non-hydrogen) atoms. The van der Waals surface area contributed by atoms with Gasteiger partial charge in [0, 0.05) is 18.9 Å². The number of halogens is 2. The number of pyridine rings is 1. The lowest BCUT2D eigenvalue weighted by molar-refractivity contribution is 0.0602. The topological polar surface area (TPSA) is 69.6 Å². The van der Waals surface area contributed by atoms with Crippen LogP contribution in [0.3, 0.4) is 0 Å². The van der Waals surface area contributed by atoms with Crippen LogP contribution in [0.15, 0.2) is 18.5 Å². The lowest BCUT2D eigenvalue weighted by atomic mass is 10.1. The summed E-state index contributed by atoms with van der Waals surface area (Å²) in [6.45, 7) is 0.362. The second-order valence-corrected chi connectivity index (χ2v) is 4.62. The van der Waals surface area contributed by atoms with E-state index >= 15 is 0 Å². The molecule has 0 atom stereocenters. The highest BCUT2D eigenvalue weighted by Gasteiger charge is 2.26. The Hall–Kier alpha value is -1.30. The molecular weight excluding hydrogens is 301 g/mol. The Morgan fingerprint density at radius 3 is 2.70 bits per heavy atom. The van der Waals surface area contributed by atoms with Crippen molar-refractivity contribution in [2.75, 3.05) is 7.11 Å². The zero-order chi connectivity index (χ0) is 12.7. The molecule has 0 saturated heterocycles. The lowest BCUT2D eigenvalue weighted by Crippen LogP contribution is -2.05. The zero-order valence-electron chi connectivity index (χ0n) is 11.0. The molecule has 3 rings (SSSR count). The molecule has 0 aliphatic heterocycles. The fourth-order valence-corrected chi connectivity index (χ4v) is 2.17. The smallest absolute Gasteiger partial charge is 0.341 e. The van der Waals surface area contributed by atoms with Gasteiger partial charge in [-0.2, -0.15) is 0 Å². The van der Waals surface area contributed by atoms with Crippen molar-refractivity contribution in [1.82, 2.24) is 9.38 Å². The van der Waals surface area contributed by atoms with Gasteiger partial charge in [0.15, 0.2) is 5.65 Å². The van der Waals surface area contributed by atoms with Crippen LogP contribution in [0.25, 0.3) is 5.65 Å². The first kappa shape index (κ1) is 16.8. The van der Waals surface area contributed by atoms with E-state index in [-0.39, 0.29) is 30.8 Å². The molecule has 7 heteroatoms. The van der Waals surface area contributed by atoms with Crippen LogP contribution in [-0.4, -0.2) is 22.5 Å². The van der Waals surface area contributed by atoms with Gasteiger partial charge in [-0.1, -0.05) is 0 Å². The maximum absolute atomic E-state index is 11.8. The summed E-state index contributed by atoms with van der Waals surface area (Å²) in [5, 5.41) is 0. The second kappa shape index (κ2) is 6.43. The highest BCUT2D eigenvalue weighted by Crippen LogP contribution is 2.40. The molecule has 5 nitrogen and oxygen atoms in total.